The lowest BCUT2D eigenvalue weighted by Crippen LogP contribution is -2.48. The quantitative estimate of drug-likeness (QED) is 0.937. The molecule has 1 N–H and O–H groups in total. The maximum Gasteiger partial charge on any atom is 0.224 e. The van der Waals surface area contributed by atoms with Crippen molar-refractivity contribution in [3.8, 4) is 0 Å². The molecule has 5 nitrogen and oxygen atoms in total. The van der Waals surface area contributed by atoms with Gasteiger partial charge in [0.05, 0.1) is 12.6 Å². The van der Waals surface area contributed by atoms with Gasteiger partial charge in [-0.2, -0.15) is 5.10 Å². The average molecular weight is 316 g/mol. The van der Waals surface area contributed by atoms with Crippen LogP contribution in [-0.4, -0.2) is 34.8 Å². The SMILES string of the molecule is Cn1cc(CC(=O)NC2CCCN(c3cccc(F)c3)C2)cn1. The topological polar surface area (TPSA) is 50.2 Å². The number of hydrogen-bond acceptors (Lipinski definition) is 3. The van der Waals surface area contributed by atoms with Crippen molar-refractivity contribution in [2.24, 2.45) is 7.05 Å². The molecule has 122 valence electrons. The van der Waals surface area contributed by atoms with Crippen LogP contribution in [0.3, 0.4) is 0 Å². The number of halogens is 1. The van der Waals surface area contributed by atoms with E-state index in [1.165, 1.54) is 6.07 Å². The van der Waals surface area contributed by atoms with Crippen LogP contribution in [0.1, 0.15) is 18.4 Å². The molecule has 2 heterocycles. The molecule has 1 fully saturated rings. The van der Waals surface area contributed by atoms with Crippen LogP contribution in [0.4, 0.5) is 10.1 Å². The normalized spacial score (nSPS) is 18.0. The third-order valence-electron chi connectivity index (χ3n) is 4.08. The van der Waals surface area contributed by atoms with Crippen LogP contribution in [0.15, 0.2) is 36.7 Å². The minimum atomic E-state index is -0.231. The summed E-state index contributed by atoms with van der Waals surface area (Å²) in [6.45, 7) is 1.60. The van der Waals surface area contributed by atoms with Crippen molar-refractivity contribution < 1.29 is 9.18 Å². The standard InChI is InChI=1S/C17H21FN4O/c1-21-11-13(10-19-21)8-17(23)20-15-5-3-7-22(12-15)16-6-2-4-14(18)9-16/h2,4,6,9-11,15H,3,5,7-8,12H2,1H3,(H,20,23). The van der Waals surface area contributed by atoms with Crippen molar-refractivity contribution in [2.75, 3.05) is 18.0 Å². The van der Waals surface area contributed by atoms with Gasteiger partial charge in [0.1, 0.15) is 5.82 Å². The number of nitrogens with zero attached hydrogens (tertiary/aromatic N) is 3. The maximum absolute atomic E-state index is 13.4. The summed E-state index contributed by atoms with van der Waals surface area (Å²) in [4.78, 5) is 14.3. The lowest BCUT2D eigenvalue weighted by Gasteiger charge is -2.34. The predicted molar refractivity (Wildman–Crippen MR) is 86.7 cm³/mol. The molecule has 1 aromatic heterocycles. The van der Waals surface area contributed by atoms with Crippen LogP contribution >= 0.6 is 0 Å². The number of hydrogen-bond donors (Lipinski definition) is 1. The third kappa shape index (κ3) is 4.09. The van der Waals surface area contributed by atoms with Crippen molar-refractivity contribution in [3.63, 3.8) is 0 Å². The van der Waals surface area contributed by atoms with Gasteiger partial charge >= 0.3 is 0 Å². The first-order valence-corrected chi connectivity index (χ1v) is 7.87. The van der Waals surface area contributed by atoms with Gasteiger partial charge in [-0.25, -0.2) is 4.39 Å². The molecule has 1 amide bonds. The van der Waals surface area contributed by atoms with Gasteiger partial charge in [0.15, 0.2) is 0 Å². The number of rotatable bonds is 4. The molecule has 2 aromatic rings. The molecule has 1 aromatic carbocycles. The number of amides is 1. The highest BCUT2D eigenvalue weighted by Gasteiger charge is 2.22. The number of anilines is 1. The van der Waals surface area contributed by atoms with E-state index >= 15 is 0 Å². The number of aryl methyl sites for hydroxylation is 1. The van der Waals surface area contributed by atoms with Gasteiger partial charge in [0, 0.05) is 38.1 Å². The molecule has 0 radical (unpaired) electrons. The Morgan fingerprint density at radius 3 is 3.09 bits per heavy atom. The zero-order valence-electron chi connectivity index (χ0n) is 13.2. The van der Waals surface area contributed by atoms with Crippen LogP contribution in [0.5, 0.6) is 0 Å². The summed E-state index contributed by atoms with van der Waals surface area (Å²) in [5, 5.41) is 7.15. The highest BCUT2D eigenvalue weighted by atomic mass is 19.1. The zero-order valence-corrected chi connectivity index (χ0v) is 13.2. The lowest BCUT2D eigenvalue weighted by atomic mass is 10.0. The van der Waals surface area contributed by atoms with Crippen LogP contribution < -0.4 is 10.2 Å². The van der Waals surface area contributed by atoms with Gasteiger partial charge in [-0.3, -0.25) is 9.48 Å². The number of benzene rings is 1. The molecule has 0 saturated carbocycles. The van der Waals surface area contributed by atoms with E-state index in [4.69, 9.17) is 0 Å². The second-order valence-corrected chi connectivity index (χ2v) is 6.03. The second-order valence-electron chi connectivity index (χ2n) is 6.03. The fourth-order valence-electron chi connectivity index (χ4n) is 3.03. The van der Waals surface area contributed by atoms with E-state index < -0.39 is 0 Å². The first kappa shape index (κ1) is 15.5. The Hall–Kier alpha value is -2.37. The first-order chi connectivity index (χ1) is 11.1. The van der Waals surface area contributed by atoms with E-state index in [2.05, 4.69) is 15.3 Å². The fourth-order valence-corrected chi connectivity index (χ4v) is 3.03. The number of aromatic nitrogens is 2. The van der Waals surface area contributed by atoms with Gasteiger partial charge in [0.2, 0.25) is 5.91 Å². The minimum absolute atomic E-state index is 0.00379. The Kier molecular flexibility index (Phi) is 4.60. The number of piperidine rings is 1. The molecule has 1 atom stereocenters. The van der Waals surface area contributed by atoms with Gasteiger partial charge in [-0.1, -0.05) is 6.07 Å². The largest absolute Gasteiger partial charge is 0.369 e. The van der Waals surface area contributed by atoms with Crippen molar-refractivity contribution in [3.05, 3.63) is 48.0 Å². The highest BCUT2D eigenvalue weighted by molar-refractivity contribution is 5.78. The molecule has 3 rings (SSSR count). The Balaban J connectivity index is 1.57. The first-order valence-electron chi connectivity index (χ1n) is 7.87. The summed E-state index contributed by atoms with van der Waals surface area (Å²) in [5.41, 5.74) is 1.78. The molecule has 1 unspecified atom stereocenters. The minimum Gasteiger partial charge on any atom is -0.369 e. The van der Waals surface area contributed by atoms with E-state index in [0.717, 1.165) is 30.6 Å². The van der Waals surface area contributed by atoms with Gasteiger partial charge < -0.3 is 10.2 Å². The van der Waals surface area contributed by atoms with Gasteiger partial charge in [-0.15, -0.1) is 0 Å². The smallest absolute Gasteiger partial charge is 0.224 e. The molecule has 1 aliphatic rings. The molecular weight excluding hydrogens is 295 g/mol. The number of carbonyl (C=O) groups is 1. The van der Waals surface area contributed by atoms with E-state index in [1.807, 2.05) is 19.3 Å². The van der Waals surface area contributed by atoms with E-state index in [0.29, 0.717) is 13.0 Å². The third-order valence-corrected chi connectivity index (χ3v) is 4.08. The summed E-state index contributed by atoms with van der Waals surface area (Å²) < 4.78 is 15.1. The van der Waals surface area contributed by atoms with Crippen LogP contribution in [0, 0.1) is 5.82 Å². The molecule has 0 aliphatic carbocycles. The second kappa shape index (κ2) is 6.81. The molecule has 23 heavy (non-hydrogen) atoms. The highest BCUT2D eigenvalue weighted by Crippen LogP contribution is 2.20. The number of nitrogens with one attached hydrogen (secondary N) is 1. The molecule has 1 aliphatic heterocycles. The molecule has 0 bridgehead atoms. The Morgan fingerprint density at radius 1 is 1.48 bits per heavy atom. The maximum atomic E-state index is 13.4. The van der Waals surface area contributed by atoms with Crippen molar-refractivity contribution >= 4 is 11.6 Å². The van der Waals surface area contributed by atoms with E-state index in [-0.39, 0.29) is 17.8 Å². The zero-order chi connectivity index (χ0) is 16.2. The Bertz CT molecular complexity index is 685. The Labute approximate surface area is 135 Å². The van der Waals surface area contributed by atoms with Crippen LogP contribution in [-0.2, 0) is 18.3 Å². The number of carbonyl (C=O) groups excluding carboxylic acids is 1. The average Bonchev–Trinajstić information content (AvgIpc) is 2.92. The lowest BCUT2D eigenvalue weighted by molar-refractivity contribution is -0.121. The monoisotopic (exact) mass is 316 g/mol. The predicted octanol–water partition coefficient (Wildman–Crippen LogP) is 1.89. The van der Waals surface area contributed by atoms with Gasteiger partial charge in [-0.05, 0) is 36.6 Å². The summed E-state index contributed by atoms with van der Waals surface area (Å²) in [7, 11) is 1.83. The van der Waals surface area contributed by atoms with Crippen LogP contribution in [0.25, 0.3) is 0 Å². The summed E-state index contributed by atoms with van der Waals surface area (Å²) in [5.74, 6) is -0.227. The van der Waals surface area contributed by atoms with E-state index in [9.17, 15) is 9.18 Å². The van der Waals surface area contributed by atoms with Gasteiger partial charge in [0.25, 0.3) is 0 Å². The van der Waals surface area contributed by atoms with Crippen molar-refractivity contribution in [2.45, 2.75) is 25.3 Å². The van der Waals surface area contributed by atoms with E-state index in [1.54, 1.807) is 23.0 Å². The van der Waals surface area contributed by atoms with Crippen LogP contribution in [0.2, 0.25) is 0 Å². The Morgan fingerprint density at radius 2 is 2.35 bits per heavy atom. The van der Waals surface area contributed by atoms with Crippen molar-refractivity contribution in [1.82, 2.24) is 15.1 Å². The van der Waals surface area contributed by atoms with Crippen molar-refractivity contribution in [1.29, 1.82) is 0 Å². The summed E-state index contributed by atoms with van der Waals surface area (Å²) >= 11 is 0. The molecular formula is C17H21FN4O. The molecule has 1 saturated heterocycles. The molecule has 0 spiro atoms. The summed E-state index contributed by atoms with van der Waals surface area (Å²) in [6, 6.07) is 6.70. The molecule has 6 heteroatoms. The fraction of sp³-hybridized carbons (Fsp3) is 0.412. The summed E-state index contributed by atoms with van der Waals surface area (Å²) in [6.07, 6.45) is 5.82.